The van der Waals surface area contributed by atoms with Crippen molar-refractivity contribution in [2.24, 2.45) is 5.41 Å². The molecular formula is C18H31N3O5. The number of rotatable bonds is 7. The molecule has 0 aromatic heterocycles. The topological polar surface area (TPSA) is 88.2 Å². The lowest BCUT2D eigenvalue weighted by atomic mass is 9.75. The number of nitrogens with zero attached hydrogens (tertiary/aromatic N) is 2. The highest BCUT2D eigenvalue weighted by Gasteiger charge is 2.50. The highest BCUT2D eigenvalue weighted by atomic mass is 16.6. The average Bonchev–Trinajstić information content (AvgIpc) is 2.96. The molecule has 2 saturated heterocycles. The molecule has 2 aliphatic heterocycles. The summed E-state index contributed by atoms with van der Waals surface area (Å²) in [6.07, 6.45) is 2.21. The predicted octanol–water partition coefficient (Wildman–Crippen LogP) is 0.999. The van der Waals surface area contributed by atoms with E-state index in [1.54, 1.807) is 4.90 Å². The number of cyclic esters (lactones) is 1. The Hall–Kier alpha value is -1.83. The van der Waals surface area contributed by atoms with Gasteiger partial charge >= 0.3 is 12.1 Å². The van der Waals surface area contributed by atoms with Crippen LogP contribution >= 0.6 is 0 Å². The first kappa shape index (κ1) is 20.5. The van der Waals surface area contributed by atoms with Gasteiger partial charge in [-0.1, -0.05) is 13.8 Å². The second kappa shape index (κ2) is 9.21. The van der Waals surface area contributed by atoms with Crippen LogP contribution in [0, 0.1) is 5.41 Å². The maximum absolute atomic E-state index is 12.5. The van der Waals surface area contributed by atoms with Crippen molar-refractivity contribution in [2.45, 2.75) is 45.6 Å². The van der Waals surface area contributed by atoms with E-state index in [1.165, 1.54) is 7.11 Å². The minimum absolute atomic E-state index is 0.0219. The fraction of sp³-hybridized carbons (Fsp3) is 0.833. The molecule has 8 nitrogen and oxygen atoms in total. The number of nitrogens with one attached hydrogen (secondary N) is 1. The summed E-state index contributed by atoms with van der Waals surface area (Å²) in [6.45, 7) is 8.14. The highest BCUT2D eigenvalue weighted by molar-refractivity contribution is 5.83. The number of esters is 1. The van der Waals surface area contributed by atoms with Gasteiger partial charge in [0, 0.05) is 26.1 Å². The van der Waals surface area contributed by atoms with Crippen LogP contribution in [0.15, 0.2) is 0 Å². The van der Waals surface area contributed by atoms with Gasteiger partial charge in [-0.25, -0.2) is 4.79 Å². The quantitative estimate of drug-likeness (QED) is 0.674. The summed E-state index contributed by atoms with van der Waals surface area (Å²) < 4.78 is 10.1. The molecule has 1 atom stereocenters. The minimum atomic E-state index is -0.623. The average molecular weight is 369 g/mol. The van der Waals surface area contributed by atoms with E-state index in [-0.39, 0.29) is 24.5 Å². The molecule has 1 N–H and O–H groups in total. The molecule has 0 bridgehead atoms. The van der Waals surface area contributed by atoms with Crippen LogP contribution in [0.3, 0.4) is 0 Å². The van der Waals surface area contributed by atoms with E-state index in [2.05, 4.69) is 28.8 Å². The molecule has 0 radical (unpaired) electrons. The van der Waals surface area contributed by atoms with E-state index < -0.39 is 11.5 Å². The van der Waals surface area contributed by atoms with E-state index in [0.29, 0.717) is 25.9 Å². The van der Waals surface area contributed by atoms with Gasteiger partial charge in [-0.3, -0.25) is 9.59 Å². The van der Waals surface area contributed by atoms with Gasteiger partial charge < -0.3 is 24.6 Å². The molecule has 0 aromatic rings. The third-order valence-corrected chi connectivity index (χ3v) is 5.63. The number of ether oxygens (including phenoxy) is 2. The van der Waals surface area contributed by atoms with Crippen molar-refractivity contribution < 1.29 is 23.9 Å². The van der Waals surface area contributed by atoms with Crippen LogP contribution in [0.4, 0.5) is 4.79 Å². The van der Waals surface area contributed by atoms with Crippen molar-refractivity contribution in [3.63, 3.8) is 0 Å². The van der Waals surface area contributed by atoms with Crippen molar-refractivity contribution in [3.8, 4) is 0 Å². The molecule has 26 heavy (non-hydrogen) atoms. The lowest BCUT2D eigenvalue weighted by Crippen LogP contribution is -2.48. The van der Waals surface area contributed by atoms with Crippen molar-refractivity contribution >= 4 is 18.0 Å². The molecule has 2 rings (SSSR count). The van der Waals surface area contributed by atoms with Gasteiger partial charge in [0.1, 0.15) is 12.6 Å². The second-order valence-corrected chi connectivity index (χ2v) is 7.05. The smallest absolute Gasteiger partial charge is 0.407 e. The molecule has 0 aromatic carbocycles. The largest absolute Gasteiger partial charge is 0.462 e. The van der Waals surface area contributed by atoms with Crippen LogP contribution in [0.5, 0.6) is 0 Å². The molecular weight excluding hydrogens is 338 g/mol. The van der Waals surface area contributed by atoms with E-state index >= 15 is 0 Å². The number of amides is 2. The number of carbonyl (C=O) groups excluding carboxylic acids is 3. The van der Waals surface area contributed by atoms with Gasteiger partial charge in [0.25, 0.3) is 0 Å². The van der Waals surface area contributed by atoms with Gasteiger partial charge in [-0.15, -0.1) is 0 Å². The normalized spacial score (nSPS) is 21.8. The first-order chi connectivity index (χ1) is 12.4. The molecule has 2 heterocycles. The summed E-state index contributed by atoms with van der Waals surface area (Å²) in [5.74, 6) is -0.267. The van der Waals surface area contributed by atoms with Crippen molar-refractivity contribution in [1.29, 1.82) is 0 Å². The summed E-state index contributed by atoms with van der Waals surface area (Å²) in [5.41, 5.74) is -0.444. The molecule has 2 aliphatic rings. The van der Waals surface area contributed by atoms with Gasteiger partial charge in [-0.05, 0) is 32.4 Å². The fourth-order valence-corrected chi connectivity index (χ4v) is 3.79. The Kier molecular flexibility index (Phi) is 7.25. The summed E-state index contributed by atoms with van der Waals surface area (Å²) in [5, 5.41) is 2.40. The number of likely N-dealkylation sites (tertiary alicyclic amines) is 1. The van der Waals surface area contributed by atoms with Gasteiger partial charge in [0.05, 0.1) is 12.5 Å². The number of hydrogen-bond acceptors (Lipinski definition) is 6. The summed E-state index contributed by atoms with van der Waals surface area (Å²) in [7, 11) is 1.26. The van der Waals surface area contributed by atoms with Crippen LogP contribution in [0.25, 0.3) is 0 Å². The SMILES string of the molecule is CCN(CC)CC[C@H]1CC2(CCN(C(=O)CNC(=O)OC)CC2)C(=O)O1. The maximum atomic E-state index is 12.5. The molecule has 0 unspecified atom stereocenters. The highest BCUT2D eigenvalue weighted by Crippen LogP contribution is 2.43. The van der Waals surface area contributed by atoms with Crippen LogP contribution < -0.4 is 5.32 Å². The molecule has 2 amide bonds. The van der Waals surface area contributed by atoms with E-state index in [9.17, 15) is 14.4 Å². The van der Waals surface area contributed by atoms with Gasteiger partial charge in [-0.2, -0.15) is 0 Å². The first-order valence-electron chi connectivity index (χ1n) is 9.47. The monoisotopic (exact) mass is 369 g/mol. The summed E-state index contributed by atoms with van der Waals surface area (Å²) >= 11 is 0. The Labute approximate surface area is 155 Å². The molecule has 0 saturated carbocycles. The number of piperidine rings is 1. The Balaban J connectivity index is 1.81. The first-order valence-corrected chi connectivity index (χ1v) is 9.47. The molecule has 1 spiro atoms. The Morgan fingerprint density at radius 2 is 1.96 bits per heavy atom. The van der Waals surface area contributed by atoms with Crippen molar-refractivity contribution in [1.82, 2.24) is 15.1 Å². The second-order valence-electron chi connectivity index (χ2n) is 7.05. The standard InChI is InChI=1S/C18H31N3O5/c1-4-20(5-2)9-6-14-12-18(16(23)26-14)7-10-21(11-8-18)15(22)13-19-17(24)25-3/h14H,4-13H2,1-3H3,(H,19,24)/t14-/m0/s1. The lowest BCUT2D eigenvalue weighted by molar-refractivity contribution is -0.152. The van der Waals surface area contributed by atoms with Gasteiger partial charge in [0.15, 0.2) is 0 Å². The van der Waals surface area contributed by atoms with E-state index in [4.69, 9.17) is 4.74 Å². The predicted molar refractivity (Wildman–Crippen MR) is 95.6 cm³/mol. The zero-order chi connectivity index (χ0) is 19.2. The van der Waals surface area contributed by atoms with Crippen LogP contribution in [-0.4, -0.2) is 80.3 Å². The van der Waals surface area contributed by atoms with Crippen LogP contribution in [-0.2, 0) is 19.1 Å². The number of methoxy groups -OCH3 is 1. The Bertz CT molecular complexity index is 513. The summed E-state index contributed by atoms with van der Waals surface area (Å²) in [4.78, 5) is 39.7. The molecule has 8 heteroatoms. The maximum Gasteiger partial charge on any atom is 0.407 e. The van der Waals surface area contributed by atoms with Gasteiger partial charge in [0.2, 0.25) is 5.91 Å². The Morgan fingerprint density at radius 1 is 1.31 bits per heavy atom. The van der Waals surface area contributed by atoms with Crippen LogP contribution in [0.1, 0.15) is 39.5 Å². The fourth-order valence-electron chi connectivity index (χ4n) is 3.79. The zero-order valence-corrected chi connectivity index (χ0v) is 16.1. The Morgan fingerprint density at radius 3 is 2.54 bits per heavy atom. The minimum Gasteiger partial charge on any atom is -0.462 e. The molecule has 2 fully saturated rings. The number of alkyl carbamates (subject to hydrolysis) is 1. The zero-order valence-electron chi connectivity index (χ0n) is 16.1. The van der Waals surface area contributed by atoms with Crippen LogP contribution in [0.2, 0.25) is 0 Å². The third-order valence-electron chi connectivity index (χ3n) is 5.63. The number of carbonyl (C=O) groups is 3. The number of hydrogen-bond donors (Lipinski definition) is 1. The van der Waals surface area contributed by atoms with E-state index in [1.807, 2.05) is 0 Å². The van der Waals surface area contributed by atoms with Crippen molar-refractivity contribution in [2.75, 3.05) is 46.4 Å². The molecule has 0 aliphatic carbocycles. The third kappa shape index (κ3) is 4.87. The van der Waals surface area contributed by atoms with Crippen molar-refractivity contribution in [3.05, 3.63) is 0 Å². The molecule has 148 valence electrons. The lowest BCUT2D eigenvalue weighted by Gasteiger charge is -2.36. The summed E-state index contributed by atoms with van der Waals surface area (Å²) in [6, 6.07) is 0. The van der Waals surface area contributed by atoms with E-state index in [0.717, 1.165) is 32.5 Å².